The van der Waals surface area contributed by atoms with Gasteiger partial charge in [-0.1, -0.05) is 13.3 Å². The highest BCUT2D eigenvalue weighted by Gasteiger charge is 2.14. The minimum Gasteiger partial charge on any atom is -0.380 e. The highest BCUT2D eigenvalue weighted by Crippen LogP contribution is 2.14. The lowest BCUT2D eigenvalue weighted by Crippen LogP contribution is -2.30. The monoisotopic (exact) mass is 293 g/mol. The molecule has 1 aromatic rings. The highest BCUT2D eigenvalue weighted by atomic mass is 16.5. The fraction of sp³-hybridized carbons (Fsp3) is 0.625. The van der Waals surface area contributed by atoms with Gasteiger partial charge in [0.25, 0.3) is 5.91 Å². The molecule has 0 unspecified atom stereocenters. The molecule has 0 aliphatic carbocycles. The molecule has 0 atom stereocenters. The fourth-order valence-electron chi connectivity index (χ4n) is 2.03. The lowest BCUT2D eigenvalue weighted by atomic mass is 10.1. The van der Waals surface area contributed by atoms with Crippen LogP contribution in [0.3, 0.4) is 0 Å². The van der Waals surface area contributed by atoms with Crippen molar-refractivity contribution in [2.45, 2.75) is 33.6 Å². The predicted octanol–water partition coefficient (Wildman–Crippen LogP) is 2.57. The van der Waals surface area contributed by atoms with Crippen molar-refractivity contribution in [3.8, 4) is 0 Å². The molecule has 0 bridgehead atoms. The van der Waals surface area contributed by atoms with Crippen LogP contribution in [0.25, 0.3) is 0 Å². The van der Waals surface area contributed by atoms with Crippen molar-refractivity contribution < 1.29 is 9.53 Å². The number of rotatable bonds is 9. The number of pyridine rings is 1. The van der Waals surface area contributed by atoms with E-state index in [1.165, 1.54) is 0 Å². The number of hydrogen-bond donors (Lipinski definition) is 1. The van der Waals surface area contributed by atoms with Crippen LogP contribution in [0.15, 0.2) is 12.1 Å². The van der Waals surface area contributed by atoms with Gasteiger partial charge >= 0.3 is 0 Å². The van der Waals surface area contributed by atoms with Gasteiger partial charge in [-0.15, -0.1) is 0 Å². The first kappa shape index (κ1) is 17.4. The molecule has 0 aromatic carbocycles. The van der Waals surface area contributed by atoms with Gasteiger partial charge in [-0.2, -0.15) is 0 Å². The van der Waals surface area contributed by atoms with Crippen LogP contribution in [0.1, 0.15) is 43.2 Å². The fourth-order valence-corrected chi connectivity index (χ4v) is 2.03. The normalized spacial score (nSPS) is 10.5. The molecule has 1 rings (SSSR count). The molecule has 5 heteroatoms. The summed E-state index contributed by atoms with van der Waals surface area (Å²) < 4.78 is 5.30. The zero-order valence-electron chi connectivity index (χ0n) is 13.6. The third-order valence-corrected chi connectivity index (χ3v) is 3.11. The largest absolute Gasteiger partial charge is 0.380 e. The maximum atomic E-state index is 12.5. The molecule has 1 N–H and O–H groups in total. The number of aryl methyl sites for hydroxylation is 1. The summed E-state index contributed by atoms with van der Waals surface area (Å²) in [6.45, 7) is 8.69. The van der Waals surface area contributed by atoms with Crippen molar-refractivity contribution >= 4 is 11.7 Å². The van der Waals surface area contributed by atoms with E-state index < -0.39 is 0 Å². The molecular formula is C16H27N3O2. The number of ether oxygens (including phenoxy) is 1. The molecule has 1 heterocycles. The van der Waals surface area contributed by atoms with E-state index in [2.05, 4.69) is 17.2 Å². The van der Waals surface area contributed by atoms with E-state index in [-0.39, 0.29) is 5.91 Å². The Labute approximate surface area is 127 Å². The summed E-state index contributed by atoms with van der Waals surface area (Å²) in [7, 11) is 1.80. The molecule has 0 saturated carbocycles. The predicted molar refractivity (Wildman–Crippen MR) is 85.8 cm³/mol. The van der Waals surface area contributed by atoms with Crippen molar-refractivity contribution in [3.63, 3.8) is 0 Å². The van der Waals surface area contributed by atoms with Crippen LogP contribution >= 0.6 is 0 Å². The summed E-state index contributed by atoms with van der Waals surface area (Å²) in [5.41, 5.74) is 1.64. The Bertz CT molecular complexity index is 425. The van der Waals surface area contributed by atoms with Gasteiger partial charge in [0.2, 0.25) is 0 Å². The zero-order valence-corrected chi connectivity index (χ0v) is 13.6. The smallest absolute Gasteiger partial charge is 0.253 e. The van der Waals surface area contributed by atoms with E-state index in [0.717, 1.165) is 30.9 Å². The lowest BCUT2D eigenvalue weighted by Gasteiger charge is -2.18. The van der Waals surface area contributed by atoms with Crippen molar-refractivity contribution in [3.05, 3.63) is 23.4 Å². The molecule has 0 saturated heterocycles. The third kappa shape index (κ3) is 5.71. The molecule has 21 heavy (non-hydrogen) atoms. The number of likely N-dealkylation sites (N-methyl/N-ethyl adjacent to an activating group) is 1. The Hall–Kier alpha value is -1.62. The number of anilines is 1. The summed E-state index contributed by atoms with van der Waals surface area (Å²) in [4.78, 5) is 18.7. The van der Waals surface area contributed by atoms with Gasteiger partial charge in [-0.3, -0.25) is 4.79 Å². The maximum absolute atomic E-state index is 12.5. The number of nitrogens with zero attached hydrogens (tertiary/aromatic N) is 2. The molecule has 0 aliphatic heterocycles. The Kier molecular flexibility index (Phi) is 7.75. The van der Waals surface area contributed by atoms with Gasteiger partial charge in [-0.25, -0.2) is 4.98 Å². The van der Waals surface area contributed by atoms with Crippen LogP contribution in [0, 0.1) is 0 Å². The number of carbonyl (C=O) groups is 1. The van der Waals surface area contributed by atoms with Gasteiger partial charge in [0, 0.05) is 38.0 Å². The van der Waals surface area contributed by atoms with Crippen molar-refractivity contribution in [1.29, 1.82) is 0 Å². The second-order valence-electron chi connectivity index (χ2n) is 4.94. The molecular weight excluding hydrogens is 266 g/mol. The first-order valence-corrected chi connectivity index (χ1v) is 7.70. The average molecular weight is 293 g/mol. The second-order valence-corrected chi connectivity index (χ2v) is 4.94. The first-order chi connectivity index (χ1) is 10.1. The Morgan fingerprint density at radius 3 is 2.71 bits per heavy atom. The standard InChI is InChI=1S/C16H27N3O2/c1-5-8-14-11-13(12-15(18-14)17-6-2)16(20)19(4)9-10-21-7-3/h11-12H,5-10H2,1-4H3,(H,17,18). The van der Waals surface area contributed by atoms with Crippen LogP contribution < -0.4 is 5.32 Å². The van der Waals surface area contributed by atoms with Crippen molar-refractivity contribution in [1.82, 2.24) is 9.88 Å². The Balaban J connectivity index is 2.85. The van der Waals surface area contributed by atoms with Gasteiger partial charge < -0.3 is 15.0 Å². The third-order valence-electron chi connectivity index (χ3n) is 3.11. The highest BCUT2D eigenvalue weighted by molar-refractivity contribution is 5.94. The topological polar surface area (TPSA) is 54.5 Å². The molecule has 1 aromatic heterocycles. The zero-order chi connectivity index (χ0) is 15.7. The van der Waals surface area contributed by atoms with E-state index in [9.17, 15) is 4.79 Å². The van der Waals surface area contributed by atoms with Crippen LogP contribution in [0.4, 0.5) is 5.82 Å². The minimum absolute atomic E-state index is 0.00797. The number of aromatic nitrogens is 1. The molecule has 0 fully saturated rings. The second kappa shape index (κ2) is 9.34. The summed E-state index contributed by atoms with van der Waals surface area (Å²) in [6, 6.07) is 3.71. The number of hydrogen-bond acceptors (Lipinski definition) is 4. The van der Waals surface area contributed by atoms with Gasteiger partial charge in [0.05, 0.1) is 6.61 Å². The molecule has 1 amide bonds. The van der Waals surface area contributed by atoms with Crippen LogP contribution in [-0.2, 0) is 11.2 Å². The summed E-state index contributed by atoms with van der Waals surface area (Å²) in [5, 5.41) is 3.19. The van der Waals surface area contributed by atoms with Gasteiger partial charge in [0.15, 0.2) is 0 Å². The van der Waals surface area contributed by atoms with Crippen molar-refractivity contribution in [2.75, 3.05) is 38.7 Å². The van der Waals surface area contributed by atoms with Gasteiger partial charge in [0.1, 0.15) is 5.82 Å². The summed E-state index contributed by atoms with van der Waals surface area (Å²) in [5.74, 6) is 0.776. The Morgan fingerprint density at radius 1 is 1.33 bits per heavy atom. The lowest BCUT2D eigenvalue weighted by molar-refractivity contribution is 0.0710. The average Bonchev–Trinajstić information content (AvgIpc) is 2.47. The summed E-state index contributed by atoms with van der Waals surface area (Å²) in [6.07, 6.45) is 1.89. The quantitative estimate of drug-likeness (QED) is 0.711. The molecule has 0 radical (unpaired) electrons. The van der Waals surface area contributed by atoms with Crippen LogP contribution in [-0.4, -0.2) is 49.1 Å². The molecule has 118 valence electrons. The Morgan fingerprint density at radius 2 is 2.10 bits per heavy atom. The molecule has 0 aliphatic rings. The number of nitrogens with one attached hydrogen (secondary N) is 1. The van der Waals surface area contributed by atoms with Gasteiger partial charge in [-0.05, 0) is 32.4 Å². The van der Waals surface area contributed by atoms with Crippen molar-refractivity contribution in [2.24, 2.45) is 0 Å². The SMILES string of the molecule is CCCc1cc(C(=O)N(C)CCOCC)cc(NCC)n1. The minimum atomic E-state index is 0.00797. The van der Waals surface area contributed by atoms with Crippen LogP contribution in [0.5, 0.6) is 0 Å². The van der Waals surface area contributed by atoms with Crippen LogP contribution in [0.2, 0.25) is 0 Å². The van der Waals surface area contributed by atoms with E-state index in [0.29, 0.717) is 25.3 Å². The maximum Gasteiger partial charge on any atom is 0.253 e. The first-order valence-electron chi connectivity index (χ1n) is 7.70. The van der Waals surface area contributed by atoms with E-state index in [1.807, 2.05) is 26.0 Å². The van der Waals surface area contributed by atoms with E-state index in [4.69, 9.17) is 4.74 Å². The molecule has 0 spiro atoms. The molecule has 5 nitrogen and oxygen atoms in total. The van der Waals surface area contributed by atoms with E-state index in [1.54, 1.807) is 11.9 Å². The number of amides is 1. The summed E-state index contributed by atoms with van der Waals surface area (Å²) >= 11 is 0. The van der Waals surface area contributed by atoms with E-state index >= 15 is 0 Å². The number of carbonyl (C=O) groups excluding carboxylic acids is 1.